The minimum absolute atomic E-state index is 0.465. The number of hydrogen-bond donors (Lipinski definition) is 1. The van der Waals surface area contributed by atoms with Gasteiger partial charge < -0.3 is 5.11 Å². The van der Waals surface area contributed by atoms with Gasteiger partial charge in [0.05, 0.1) is 9.40 Å². The normalized spacial score (nSPS) is 11.3. The van der Waals surface area contributed by atoms with Crippen LogP contribution in [0.5, 0.6) is 0 Å². The molecule has 0 aliphatic rings. The molecule has 3 rings (SSSR count). The zero-order valence-electron chi connectivity index (χ0n) is 8.48. The van der Waals surface area contributed by atoms with Crippen LogP contribution in [0.25, 0.3) is 19.5 Å². The van der Waals surface area contributed by atoms with Gasteiger partial charge in [-0.1, -0.05) is 18.2 Å². The molecule has 4 heteroatoms. The fourth-order valence-corrected chi connectivity index (χ4v) is 4.42. The molecule has 0 saturated heterocycles. The third-order valence-corrected chi connectivity index (χ3v) is 5.36. The van der Waals surface area contributed by atoms with Crippen molar-refractivity contribution in [2.75, 3.05) is 0 Å². The quantitative estimate of drug-likeness (QED) is 0.703. The average molecular weight is 248 g/mol. The summed E-state index contributed by atoms with van der Waals surface area (Å²) in [4.78, 5) is 11.5. The van der Waals surface area contributed by atoms with E-state index in [0.717, 1.165) is 15.0 Å². The summed E-state index contributed by atoms with van der Waals surface area (Å²) in [5.74, 6) is -0.824. The van der Waals surface area contributed by atoms with Gasteiger partial charge in [0, 0.05) is 10.1 Å². The Hall–Kier alpha value is -1.39. The molecule has 0 amide bonds. The van der Waals surface area contributed by atoms with Crippen LogP contribution in [0.3, 0.4) is 0 Å². The molecule has 0 aliphatic carbocycles. The van der Waals surface area contributed by atoms with E-state index in [1.807, 2.05) is 19.1 Å². The van der Waals surface area contributed by atoms with Gasteiger partial charge in [-0.05, 0) is 18.6 Å². The number of hydrogen-bond acceptors (Lipinski definition) is 3. The van der Waals surface area contributed by atoms with E-state index in [4.69, 9.17) is 5.11 Å². The Morgan fingerprint density at radius 3 is 2.69 bits per heavy atom. The van der Waals surface area contributed by atoms with E-state index in [0.29, 0.717) is 4.88 Å². The number of fused-ring (bicyclic) bond motifs is 3. The van der Waals surface area contributed by atoms with Crippen molar-refractivity contribution < 1.29 is 9.90 Å². The molecule has 1 N–H and O–H groups in total. The molecule has 3 aromatic rings. The predicted octanol–water partition coefficient (Wildman–Crippen LogP) is 4.12. The Morgan fingerprint density at radius 1 is 1.19 bits per heavy atom. The van der Waals surface area contributed by atoms with E-state index < -0.39 is 5.97 Å². The van der Waals surface area contributed by atoms with Crippen LogP contribution in [0.15, 0.2) is 24.3 Å². The first kappa shape index (κ1) is 9.81. The monoisotopic (exact) mass is 248 g/mol. The lowest BCUT2D eigenvalue weighted by Gasteiger charge is -1.90. The largest absolute Gasteiger partial charge is 0.477 e. The number of rotatable bonds is 1. The summed E-state index contributed by atoms with van der Waals surface area (Å²) < 4.78 is 3.45. The van der Waals surface area contributed by atoms with E-state index >= 15 is 0 Å². The second-order valence-electron chi connectivity index (χ2n) is 3.62. The van der Waals surface area contributed by atoms with Crippen molar-refractivity contribution in [1.29, 1.82) is 0 Å². The van der Waals surface area contributed by atoms with Crippen molar-refractivity contribution in [1.82, 2.24) is 0 Å². The fourth-order valence-electron chi connectivity index (χ4n) is 1.86. The van der Waals surface area contributed by atoms with Gasteiger partial charge in [-0.3, -0.25) is 0 Å². The summed E-state index contributed by atoms with van der Waals surface area (Å²) in [6.07, 6.45) is 0. The number of thiophene rings is 2. The van der Waals surface area contributed by atoms with Gasteiger partial charge in [0.25, 0.3) is 0 Å². The topological polar surface area (TPSA) is 37.3 Å². The maximum atomic E-state index is 11.0. The van der Waals surface area contributed by atoms with Crippen molar-refractivity contribution in [3.05, 3.63) is 34.7 Å². The van der Waals surface area contributed by atoms with Crippen LogP contribution in [0.1, 0.15) is 15.2 Å². The molecule has 1 aromatic carbocycles. The molecule has 2 aromatic heterocycles. The van der Waals surface area contributed by atoms with Gasteiger partial charge in [0.1, 0.15) is 4.88 Å². The number of carboxylic acids is 1. The standard InChI is InChI=1S/C12H8O2S2/c1-6-9-11(16-10(6)12(13)14)7-4-2-3-5-8(7)15-9/h2-5H,1H3,(H,13,14). The Kier molecular flexibility index (Phi) is 2.02. The summed E-state index contributed by atoms with van der Waals surface area (Å²) in [6, 6.07) is 8.13. The summed E-state index contributed by atoms with van der Waals surface area (Å²) in [5.41, 5.74) is 0.897. The highest BCUT2D eigenvalue weighted by molar-refractivity contribution is 7.33. The molecule has 0 saturated carbocycles. The Morgan fingerprint density at radius 2 is 1.94 bits per heavy atom. The summed E-state index contributed by atoms with van der Waals surface area (Å²) in [6.45, 7) is 1.89. The third kappa shape index (κ3) is 1.20. The molecule has 0 aliphatic heterocycles. The van der Waals surface area contributed by atoms with E-state index in [2.05, 4.69) is 12.1 Å². The molecular formula is C12H8O2S2. The highest BCUT2D eigenvalue weighted by Gasteiger charge is 2.17. The smallest absolute Gasteiger partial charge is 0.346 e. The van der Waals surface area contributed by atoms with Gasteiger partial charge in [0.15, 0.2) is 0 Å². The Labute approximate surface area is 99.8 Å². The van der Waals surface area contributed by atoms with Crippen LogP contribution >= 0.6 is 22.7 Å². The maximum Gasteiger partial charge on any atom is 0.346 e. The van der Waals surface area contributed by atoms with E-state index in [1.165, 1.54) is 21.4 Å². The molecule has 0 atom stereocenters. The lowest BCUT2D eigenvalue weighted by molar-refractivity contribution is 0.0701. The first-order chi connectivity index (χ1) is 7.68. The lowest BCUT2D eigenvalue weighted by atomic mass is 10.2. The first-order valence-electron chi connectivity index (χ1n) is 4.82. The molecule has 80 valence electrons. The van der Waals surface area contributed by atoms with Crippen LogP contribution in [0.2, 0.25) is 0 Å². The van der Waals surface area contributed by atoms with E-state index in [1.54, 1.807) is 11.3 Å². The molecule has 0 bridgehead atoms. The highest BCUT2D eigenvalue weighted by atomic mass is 32.1. The van der Waals surface area contributed by atoms with Crippen LogP contribution < -0.4 is 0 Å². The number of benzene rings is 1. The molecule has 16 heavy (non-hydrogen) atoms. The second kappa shape index (κ2) is 3.30. The Bertz CT molecular complexity index is 706. The van der Waals surface area contributed by atoms with Crippen LogP contribution in [0, 0.1) is 6.92 Å². The van der Waals surface area contributed by atoms with Gasteiger partial charge in [-0.25, -0.2) is 4.79 Å². The summed E-state index contributed by atoms with van der Waals surface area (Å²) >= 11 is 3.05. The van der Waals surface area contributed by atoms with Gasteiger partial charge in [-0.2, -0.15) is 0 Å². The maximum absolute atomic E-state index is 11.0. The molecule has 0 radical (unpaired) electrons. The molecule has 2 nitrogen and oxygen atoms in total. The summed E-state index contributed by atoms with van der Waals surface area (Å²) in [5, 5.41) is 10.2. The summed E-state index contributed by atoms with van der Waals surface area (Å²) in [7, 11) is 0. The van der Waals surface area contributed by atoms with Gasteiger partial charge in [0.2, 0.25) is 0 Å². The minimum Gasteiger partial charge on any atom is -0.477 e. The fraction of sp³-hybridized carbons (Fsp3) is 0.0833. The first-order valence-corrected chi connectivity index (χ1v) is 6.45. The molecule has 2 heterocycles. The van der Waals surface area contributed by atoms with Crippen molar-refractivity contribution in [3.63, 3.8) is 0 Å². The zero-order valence-corrected chi connectivity index (χ0v) is 10.1. The van der Waals surface area contributed by atoms with Crippen molar-refractivity contribution >= 4 is 48.1 Å². The Balaban J connectivity index is 2.48. The lowest BCUT2D eigenvalue weighted by Crippen LogP contribution is -1.93. The van der Waals surface area contributed by atoms with Crippen molar-refractivity contribution in [2.45, 2.75) is 6.92 Å². The van der Waals surface area contributed by atoms with Crippen LogP contribution in [0.4, 0.5) is 0 Å². The molecule has 0 unspecified atom stereocenters. The van der Waals surface area contributed by atoms with Crippen molar-refractivity contribution in [3.8, 4) is 0 Å². The van der Waals surface area contributed by atoms with Crippen LogP contribution in [-0.2, 0) is 0 Å². The van der Waals surface area contributed by atoms with E-state index in [9.17, 15) is 4.79 Å². The predicted molar refractivity (Wildman–Crippen MR) is 68.9 cm³/mol. The number of aryl methyl sites for hydroxylation is 1. The van der Waals surface area contributed by atoms with Crippen molar-refractivity contribution in [2.24, 2.45) is 0 Å². The third-order valence-electron chi connectivity index (χ3n) is 2.63. The molecule has 0 fully saturated rings. The minimum atomic E-state index is -0.824. The molecular weight excluding hydrogens is 240 g/mol. The number of carbonyl (C=O) groups is 1. The number of carboxylic acid groups (broad SMARTS) is 1. The zero-order chi connectivity index (χ0) is 11.3. The number of aromatic carboxylic acids is 1. The van der Waals surface area contributed by atoms with E-state index in [-0.39, 0.29) is 0 Å². The average Bonchev–Trinajstić information content (AvgIpc) is 2.76. The SMILES string of the molecule is Cc1c(C(=O)O)sc2c1sc1ccccc12. The molecule has 0 spiro atoms. The van der Waals surface area contributed by atoms with Gasteiger partial charge in [-0.15, -0.1) is 22.7 Å². The highest BCUT2D eigenvalue weighted by Crippen LogP contribution is 2.42. The van der Waals surface area contributed by atoms with Gasteiger partial charge >= 0.3 is 5.97 Å². The second-order valence-corrected chi connectivity index (χ2v) is 5.69. The van der Waals surface area contributed by atoms with Crippen LogP contribution in [-0.4, -0.2) is 11.1 Å².